The van der Waals surface area contributed by atoms with Crippen LogP contribution in [-0.4, -0.2) is 23.2 Å². The fourth-order valence-electron chi connectivity index (χ4n) is 17.7. The molecule has 0 atom stereocenters. The van der Waals surface area contributed by atoms with Crippen molar-refractivity contribution in [2.75, 3.05) is 0 Å². The van der Waals surface area contributed by atoms with Crippen LogP contribution in [0.1, 0.15) is 300 Å². The first-order valence-corrected chi connectivity index (χ1v) is 41.4. The van der Waals surface area contributed by atoms with Crippen LogP contribution in [0.25, 0.3) is 49.9 Å². The molecule has 0 saturated carbocycles. The smallest absolute Gasteiger partial charge is 0.147 e. The van der Waals surface area contributed by atoms with E-state index < -0.39 is 0 Å². The molecular weight excluding hydrogens is 1370 g/mol. The largest absolute Gasteiger partial charge is 0.243 e. The molecule has 0 unspecified atom stereocenters. The van der Waals surface area contributed by atoms with E-state index in [1.165, 1.54) is 129 Å². The van der Waals surface area contributed by atoms with E-state index in [4.69, 9.17) is 0 Å². The lowest BCUT2D eigenvalue weighted by atomic mass is 9.76. The highest BCUT2D eigenvalue weighted by atomic mass is 15.5. The molecule has 12 aromatic rings. The van der Waals surface area contributed by atoms with Crippen molar-refractivity contribution in [2.24, 2.45) is 0 Å². The highest BCUT2D eigenvalue weighted by molar-refractivity contribution is 6.13. The molecule has 0 N–H and O–H groups in total. The summed E-state index contributed by atoms with van der Waals surface area (Å²) in [7, 11) is 0. The minimum Gasteiger partial charge on any atom is -0.147 e. The SMILES string of the molecule is CC(C)(C)c1cccc2c3ccccc3c3cc[n+](C(C)(C)C)n3c12.CC(C)(C)c1ccccc1-n1ccc[n+]1C(C)(C)C.Cc1cc(C)[n+](C(C)(C)C)n1-c1ccccc1C(C)(C)C.Cc1cc(C)c(C(C)(C)C)c(-n2c(C)cc(C)[n+]2C(C)(C)C)c1.Cc1cc2[n+](n1C(C)(C)C)-c1c(cccc1C(C)(C)C)CC2(C)C. The van der Waals surface area contributed by atoms with E-state index in [9.17, 15) is 0 Å². The summed E-state index contributed by atoms with van der Waals surface area (Å²) in [5.74, 6) is 0. The molecule has 13 rings (SSSR count). The average Bonchev–Trinajstić information content (AvgIpc) is 1.43. The third-order valence-electron chi connectivity index (χ3n) is 21.8. The van der Waals surface area contributed by atoms with Gasteiger partial charge in [0.05, 0.1) is 34.2 Å². The zero-order chi connectivity index (χ0) is 84.1. The van der Waals surface area contributed by atoms with Crippen molar-refractivity contribution in [3.8, 4) is 22.7 Å². The standard InChI is InChI=1S/C23H27N2.C22H33N2.C21H33N2.C19H29N2.C17H25N2/c1-22(2,3)19-13-9-12-18-16-10-7-8-11-17(16)20-14-15-24(23(4,5)6)25(20)21(18)19;1-15-13-18-22(8,9)14-16-11-10-12-17(20(2,3)4)19(16)23(18)24(15)21(5,6)7;1-14-11-15(2)19(20(5,6)7)18(12-14)22-16(3)13-17(4)23(22)21(8,9)10;1-14-13-15(2)21(19(6,7)8)20(14)17-12-10-9-11-16(17)18(3,4)5;1-16(2,3)14-10-7-8-11-15(14)18-12-9-13-19(18)17(4,5)6/h7-15H,1-6H3;10-13H,14H2,1-9H3;11-13H,1-10H3;9-13H,1-8H3;7-13H,1-6H3/q5*+1. The Kier molecular flexibility index (Phi) is 23.9. The Hall–Kier alpha value is -8.63. The van der Waals surface area contributed by atoms with Crippen molar-refractivity contribution < 1.29 is 23.4 Å². The maximum Gasteiger partial charge on any atom is 0.243 e. The highest BCUT2D eigenvalue weighted by Crippen LogP contribution is 2.41. The fraction of sp³-hybridized carbons (Fsp3) is 0.500. The number of nitrogens with zero attached hydrogens (tertiary/aromatic N) is 10. The molecule has 112 heavy (non-hydrogen) atoms. The lowest BCUT2D eigenvalue weighted by molar-refractivity contribution is -0.822. The van der Waals surface area contributed by atoms with Crippen LogP contribution in [0.15, 0.2) is 170 Å². The molecule has 7 heterocycles. The topological polar surface area (TPSA) is 43.5 Å². The molecule has 0 saturated heterocycles. The molecule has 0 aliphatic carbocycles. The van der Waals surface area contributed by atoms with Gasteiger partial charge in [-0.05, 0) is 160 Å². The van der Waals surface area contributed by atoms with E-state index in [-0.39, 0.29) is 60.2 Å². The molecule has 0 radical (unpaired) electrons. The second kappa shape index (κ2) is 30.6. The Bertz CT molecular complexity index is 5390. The Morgan fingerprint density at radius 2 is 0.812 bits per heavy atom. The van der Waals surface area contributed by atoms with Crippen LogP contribution in [0, 0.1) is 48.5 Å². The molecule has 6 aromatic carbocycles. The third kappa shape index (κ3) is 18.0. The molecule has 6 aromatic heterocycles. The van der Waals surface area contributed by atoms with Crippen molar-refractivity contribution >= 4 is 27.2 Å². The van der Waals surface area contributed by atoms with Crippen molar-refractivity contribution in [1.29, 1.82) is 0 Å². The third-order valence-corrected chi connectivity index (χ3v) is 21.8. The van der Waals surface area contributed by atoms with Crippen molar-refractivity contribution in [2.45, 2.75) is 337 Å². The zero-order valence-corrected chi connectivity index (χ0v) is 77.3. The number of hydrogen-bond acceptors (Lipinski definition) is 0. The van der Waals surface area contributed by atoms with Crippen molar-refractivity contribution in [3.05, 3.63) is 249 Å². The van der Waals surface area contributed by atoms with Crippen LogP contribution in [0.5, 0.6) is 0 Å². The van der Waals surface area contributed by atoms with E-state index in [0.717, 1.165) is 6.42 Å². The summed E-state index contributed by atoms with van der Waals surface area (Å²) in [6.07, 6.45) is 7.59. The number of fused-ring (bicyclic) bond motifs is 9. The summed E-state index contributed by atoms with van der Waals surface area (Å²) in [4.78, 5) is 0. The second-order valence-corrected chi connectivity index (χ2v) is 43.2. The number of pyridine rings is 1. The number of aromatic nitrogens is 10. The molecule has 1 aliphatic rings. The highest BCUT2D eigenvalue weighted by Gasteiger charge is 2.47. The molecule has 600 valence electrons. The molecule has 1 aliphatic heterocycles. The van der Waals surface area contributed by atoms with Crippen LogP contribution in [0.2, 0.25) is 0 Å². The van der Waals surface area contributed by atoms with Gasteiger partial charge in [-0.1, -0.05) is 212 Å². The van der Waals surface area contributed by atoms with Gasteiger partial charge in [-0.3, -0.25) is 0 Å². The number of hydrogen-bond donors (Lipinski definition) is 0. The van der Waals surface area contributed by atoms with Gasteiger partial charge in [0.15, 0.2) is 34.5 Å². The van der Waals surface area contributed by atoms with Gasteiger partial charge in [0, 0.05) is 149 Å². The Balaban J connectivity index is 0.000000161. The quantitative estimate of drug-likeness (QED) is 0.125. The molecular formula is C102H147N10+5. The fourth-order valence-corrected chi connectivity index (χ4v) is 17.7. The molecule has 0 amide bonds. The molecule has 10 nitrogen and oxygen atoms in total. The average molecular weight is 1510 g/mol. The first-order chi connectivity index (χ1) is 51.1. The number of para-hydroxylation sites is 4. The van der Waals surface area contributed by atoms with Crippen LogP contribution in [0.4, 0.5) is 0 Å². The summed E-state index contributed by atoms with van der Waals surface area (Å²) >= 11 is 0. The zero-order valence-electron chi connectivity index (χ0n) is 77.3. The minimum atomic E-state index is 0.00675. The Labute approximate surface area is 678 Å². The van der Waals surface area contributed by atoms with Crippen LogP contribution >= 0.6 is 0 Å². The maximum atomic E-state index is 2.52. The molecule has 0 spiro atoms. The number of benzene rings is 6. The van der Waals surface area contributed by atoms with E-state index in [2.05, 4.69) is 487 Å². The van der Waals surface area contributed by atoms with Gasteiger partial charge in [-0.2, -0.15) is 0 Å². The van der Waals surface area contributed by atoms with Gasteiger partial charge < -0.3 is 0 Å². The minimum absolute atomic E-state index is 0.00675. The van der Waals surface area contributed by atoms with E-state index in [1.54, 1.807) is 0 Å². The van der Waals surface area contributed by atoms with E-state index in [0.29, 0.717) is 0 Å². The van der Waals surface area contributed by atoms with Gasteiger partial charge in [0.2, 0.25) is 22.8 Å². The number of rotatable bonds is 3. The second-order valence-electron chi connectivity index (χ2n) is 43.2. The summed E-state index contributed by atoms with van der Waals surface area (Å²) in [6.45, 7) is 88.6. The van der Waals surface area contributed by atoms with Gasteiger partial charge in [-0.15, -0.1) is 42.0 Å². The first kappa shape index (κ1) is 87.3. The van der Waals surface area contributed by atoms with Gasteiger partial charge in [0.1, 0.15) is 28.1 Å². The summed E-state index contributed by atoms with van der Waals surface area (Å²) in [5, 5.41) is 3.96. The Morgan fingerprint density at radius 1 is 0.366 bits per heavy atom. The molecule has 10 heteroatoms. The maximum absolute atomic E-state index is 2.52. The van der Waals surface area contributed by atoms with Crippen LogP contribution in [-0.2, 0) is 66.6 Å². The summed E-state index contributed by atoms with van der Waals surface area (Å²) in [6, 6.07) is 55.7. The Morgan fingerprint density at radius 3 is 1.30 bits per heavy atom. The van der Waals surface area contributed by atoms with Crippen molar-refractivity contribution in [3.63, 3.8) is 0 Å². The predicted molar refractivity (Wildman–Crippen MR) is 475 cm³/mol. The van der Waals surface area contributed by atoms with Crippen molar-refractivity contribution in [1.82, 2.24) is 23.2 Å². The summed E-state index contributed by atoms with van der Waals surface area (Å²) < 4.78 is 23.9. The predicted octanol–water partition coefficient (Wildman–Crippen LogP) is 23.8. The van der Waals surface area contributed by atoms with Gasteiger partial charge in [0.25, 0.3) is 0 Å². The lowest BCUT2D eigenvalue weighted by Gasteiger charge is -2.31. The van der Waals surface area contributed by atoms with E-state index in [1.807, 2.05) is 0 Å². The monoisotopic (exact) mass is 1510 g/mol. The van der Waals surface area contributed by atoms with Crippen LogP contribution < -0.4 is 23.4 Å². The van der Waals surface area contributed by atoms with Gasteiger partial charge in [-0.25, -0.2) is 0 Å². The summed E-state index contributed by atoms with van der Waals surface area (Å²) in [5.41, 5.74) is 27.8. The first-order valence-electron chi connectivity index (χ1n) is 41.4. The lowest BCUT2D eigenvalue weighted by Crippen LogP contribution is -2.58. The number of aryl methyl sites for hydroxylation is 7. The molecule has 0 bridgehead atoms. The van der Waals surface area contributed by atoms with Crippen LogP contribution in [0.3, 0.4) is 0 Å². The van der Waals surface area contributed by atoms with Gasteiger partial charge >= 0.3 is 0 Å². The normalized spacial score (nSPS) is 13.7. The molecule has 0 fully saturated rings. The van der Waals surface area contributed by atoms with E-state index >= 15 is 0 Å².